The monoisotopic (exact) mass is 262 g/mol. The van der Waals surface area contributed by atoms with Gasteiger partial charge in [-0.2, -0.15) is 0 Å². The molecule has 2 heteroatoms. The number of aliphatic hydroxyl groups is 1. The Morgan fingerprint density at radius 2 is 2.00 bits per heavy atom. The van der Waals surface area contributed by atoms with E-state index in [0.29, 0.717) is 5.92 Å². The first-order valence-corrected chi connectivity index (χ1v) is 7.17. The SMILES string of the molecule is CC1(C)CC(CCO)c2cc(C(C)(C)C)ccc2O1. The van der Waals surface area contributed by atoms with E-state index in [-0.39, 0.29) is 17.6 Å². The third kappa shape index (κ3) is 3.11. The number of aliphatic hydroxyl groups excluding tert-OH is 1. The van der Waals surface area contributed by atoms with Crippen LogP contribution in [0.2, 0.25) is 0 Å². The van der Waals surface area contributed by atoms with Gasteiger partial charge in [0, 0.05) is 6.61 Å². The maximum atomic E-state index is 9.30. The summed E-state index contributed by atoms with van der Waals surface area (Å²) < 4.78 is 6.08. The lowest BCUT2D eigenvalue weighted by Gasteiger charge is -2.38. The molecule has 19 heavy (non-hydrogen) atoms. The van der Waals surface area contributed by atoms with E-state index in [1.165, 1.54) is 11.1 Å². The number of hydrogen-bond acceptors (Lipinski definition) is 2. The molecule has 106 valence electrons. The molecule has 1 unspecified atom stereocenters. The zero-order valence-electron chi connectivity index (χ0n) is 12.8. The Bertz CT molecular complexity index is 455. The van der Waals surface area contributed by atoms with Crippen LogP contribution in [0.15, 0.2) is 18.2 Å². The molecule has 0 aliphatic carbocycles. The second kappa shape index (κ2) is 4.82. The van der Waals surface area contributed by atoms with Crippen LogP contribution in [-0.4, -0.2) is 17.3 Å². The minimum absolute atomic E-state index is 0.143. The molecule has 0 bridgehead atoms. The summed E-state index contributed by atoms with van der Waals surface area (Å²) in [6.07, 6.45) is 1.78. The van der Waals surface area contributed by atoms with Gasteiger partial charge in [0.05, 0.1) is 0 Å². The average molecular weight is 262 g/mol. The first-order valence-electron chi connectivity index (χ1n) is 7.17. The van der Waals surface area contributed by atoms with Crippen molar-refractivity contribution in [3.8, 4) is 5.75 Å². The zero-order valence-corrected chi connectivity index (χ0v) is 12.8. The fourth-order valence-electron chi connectivity index (χ4n) is 2.88. The second-order valence-corrected chi connectivity index (χ2v) is 7.28. The fourth-order valence-corrected chi connectivity index (χ4v) is 2.88. The van der Waals surface area contributed by atoms with Gasteiger partial charge >= 0.3 is 0 Å². The quantitative estimate of drug-likeness (QED) is 0.872. The van der Waals surface area contributed by atoms with Crippen LogP contribution in [0.25, 0.3) is 0 Å². The predicted molar refractivity (Wildman–Crippen MR) is 78.9 cm³/mol. The van der Waals surface area contributed by atoms with E-state index in [1.807, 2.05) is 0 Å². The Hall–Kier alpha value is -1.02. The van der Waals surface area contributed by atoms with E-state index in [4.69, 9.17) is 4.74 Å². The summed E-state index contributed by atoms with van der Waals surface area (Å²) in [5, 5.41) is 9.30. The van der Waals surface area contributed by atoms with Gasteiger partial charge < -0.3 is 9.84 Å². The summed E-state index contributed by atoms with van der Waals surface area (Å²) in [5.41, 5.74) is 2.60. The number of fused-ring (bicyclic) bond motifs is 1. The normalized spacial score (nSPS) is 21.7. The van der Waals surface area contributed by atoms with Gasteiger partial charge in [0.2, 0.25) is 0 Å². The highest BCUT2D eigenvalue weighted by molar-refractivity contribution is 5.44. The van der Waals surface area contributed by atoms with Crippen molar-refractivity contribution in [2.45, 2.75) is 64.4 Å². The molecule has 2 nitrogen and oxygen atoms in total. The molecule has 1 aliphatic heterocycles. The van der Waals surface area contributed by atoms with Crippen molar-refractivity contribution in [1.29, 1.82) is 0 Å². The smallest absolute Gasteiger partial charge is 0.123 e. The lowest BCUT2D eigenvalue weighted by molar-refractivity contribution is 0.0670. The standard InChI is InChI=1S/C17H26O2/c1-16(2,3)13-6-7-15-14(10-13)12(8-9-18)11-17(4,5)19-15/h6-7,10,12,18H,8-9,11H2,1-5H3. The van der Waals surface area contributed by atoms with Crippen molar-refractivity contribution >= 4 is 0 Å². The lowest BCUT2D eigenvalue weighted by atomic mass is 9.79. The van der Waals surface area contributed by atoms with E-state index in [9.17, 15) is 5.11 Å². The van der Waals surface area contributed by atoms with Crippen LogP contribution in [0.1, 0.15) is 64.5 Å². The fraction of sp³-hybridized carbons (Fsp3) is 0.647. The third-order valence-electron chi connectivity index (χ3n) is 3.92. The van der Waals surface area contributed by atoms with Gasteiger partial charge in [0.1, 0.15) is 11.4 Å². The molecule has 1 heterocycles. The molecule has 1 aromatic rings. The van der Waals surface area contributed by atoms with Crippen molar-refractivity contribution in [1.82, 2.24) is 0 Å². The molecule has 1 aromatic carbocycles. The molecule has 1 atom stereocenters. The van der Waals surface area contributed by atoms with E-state index < -0.39 is 0 Å². The molecule has 0 fully saturated rings. The van der Waals surface area contributed by atoms with Gasteiger partial charge in [-0.15, -0.1) is 0 Å². The minimum atomic E-state index is -0.143. The van der Waals surface area contributed by atoms with Gasteiger partial charge in [-0.25, -0.2) is 0 Å². The number of rotatable bonds is 2. The van der Waals surface area contributed by atoms with Gasteiger partial charge in [0.15, 0.2) is 0 Å². The predicted octanol–water partition coefficient (Wildman–Crippen LogP) is 4.01. The summed E-state index contributed by atoms with van der Waals surface area (Å²) in [5.74, 6) is 1.38. The van der Waals surface area contributed by atoms with Crippen LogP contribution in [0.4, 0.5) is 0 Å². The highest BCUT2D eigenvalue weighted by Gasteiger charge is 2.34. The molecule has 0 saturated carbocycles. The van der Waals surface area contributed by atoms with Crippen molar-refractivity contribution < 1.29 is 9.84 Å². The van der Waals surface area contributed by atoms with Crippen LogP contribution in [0.5, 0.6) is 5.75 Å². The van der Waals surface area contributed by atoms with Crippen LogP contribution in [-0.2, 0) is 5.41 Å². The Morgan fingerprint density at radius 1 is 1.32 bits per heavy atom. The number of benzene rings is 1. The second-order valence-electron chi connectivity index (χ2n) is 7.28. The minimum Gasteiger partial charge on any atom is -0.488 e. The highest BCUT2D eigenvalue weighted by atomic mass is 16.5. The maximum absolute atomic E-state index is 9.30. The Kier molecular flexibility index (Phi) is 3.65. The van der Waals surface area contributed by atoms with Crippen LogP contribution in [0.3, 0.4) is 0 Å². The molecule has 1 aliphatic rings. The van der Waals surface area contributed by atoms with Crippen molar-refractivity contribution in [2.24, 2.45) is 0 Å². The molecule has 0 spiro atoms. The Labute approximate surface area is 116 Å². The van der Waals surface area contributed by atoms with Gasteiger partial charge in [-0.1, -0.05) is 32.9 Å². The largest absolute Gasteiger partial charge is 0.488 e. The Morgan fingerprint density at radius 3 is 2.58 bits per heavy atom. The van der Waals surface area contributed by atoms with E-state index in [2.05, 4.69) is 52.8 Å². The van der Waals surface area contributed by atoms with Gasteiger partial charge in [-0.3, -0.25) is 0 Å². The highest BCUT2D eigenvalue weighted by Crippen LogP contribution is 2.43. The summed E-state index contributed by atoms with van der Waals surface area (Å²) in [6.45, 7) is 11.2. The molecule has 0 amide bonds. The van der Waals surface area contributed by atoms with Crippen molar-refractivity contribution in [3.63, 3.8) is 0 Å². The summed E-state index contributed by atoms with van der Waals surface area (Å²) in [7, 11) is 0. The average Bonchev–Trinajstić information content (AvgIpc) is 2.26. The first kappa shape index (κ1) is 14.4. The summed E-state index contributed by atoms with van der Waals surface area (Å²) in [6, 6.07) is 6.53. The molecule has 0 radical (unpaired) electrons. The lowest BCUT2D eigenvalue weighted by Crippen LogP contribution is -2.35. The van der Waals surface area contributed by atoms with E-state index >= 15 is 0 Å². The van der Waals surface area contributed by atoms with Crippen LogP contribution in [0, 0.1) is 0 Å². The maximum Gasteiger partial charge on any atom is 0.123 e. The van der Waals surface area contributed by atoms with Gasteiger partial charge in [0.25, 0.3) is 0 Å². The summed E-state index contributed by atoms with van der Waals surface area (Å²) >= 11 is 0. The first-order chi connectivity index (χ1) is 8.73. The van der Waals surface area contributed by atoms with Gasteiger partial charge in [-0.05, 0) is 55.2 Å². The summed E-state index contributed by atoms with van der Waals surface area (Å²) in [4.78, 5) is 0. The molecule has 0 aromatic heterocycles. The number of ether oxygens (including phenoxy) is 1. The van der Waals surface area contributed by atoms with E-state index in [1.54, 1.807) is 0 Å². The Balaban J connectivity index is 2.43. The molecule has 0 saturated heterocycles. The number of hydrogen-bond donors (Lipinski definition) is 1. The molecule has 2 rings (SSSR count). The van der Waals surface area contributed by atoms with Crippen LogP contribution >= 0.6 is 0 Å². The third-order valence-corrected chi connectivity index (χ3v) is 3.92. The molecule has 1 N–H and O–H groups in total. The van der Waals surface area contributed by atoms with Crippen molar-refractivity contribution in [3.05, 3.63) is 29.3 Å². The molecular formula is C17H26O2. The zero-order chi connectivity index (χ0) is 14.3. The van der Waals surface area contributed by atoms with Crippen LogP contribution < -0.4 is 4.74 Å². The molecular weight excluding hydrogens is 236 g/mol. The van der Waals surface area contributed by atoms with Crippen molar-refractivity contribution in [2.75, 3.05) is 6.61 Å². The topological polar surface area (TPSA) is 29.5 Å². The van der Waals surface area contributed by atoms with E-state index in [0.717, 1.165) is 18.6 Å².